The van der Waals surface area contributed by atoms with E-state index in [4.69, 9.17) is 5.73 Å². The summed E-state index contributed by atoms with van der Waals surface area (Å²) in [6.45, 7) is 0.526. The predicted octanol–water partition coefficient (Wildman–Crippen LogP) is 2.43. The summed E-state index contributed by atoms with van der Waals surface area (Å²) in [4.78, 5) is 20.6. The fourth-order valence-electron chi connectivity index (χ4n) is 2.79. The number of non-ortho nitro benzene ring substituents is 1. The van der Waals surface area contributed by atoms with Gasteiger partial charge in [-0.3, -0.25) is 20.2 Å². The highest BCUT2D eigenvalue weighted by molar-refractivity contribution is 5.65. The molecule has 0 spiro atoms. The van der Waals surface area contributed by atoms with Gasteiger partial charge in [0.05, 0.1) is 15.9 Å². The Hall–Kier alpha value is -2.22. The molecule has 0 amide bonds. The molecule has 2 rings (SSSR count). The maximum Gasteiger partial charge on any atom is 0.299 e. The molecule has 0 heterocycles. The van der Waals surface area contributed by atoms with Gasteiger partial charge in [-0.1, -0.05) is 12.8 Å². The molecular formula is C13H18N4O4. The van der Waals surface area contributed by atoms with E-state index < -0.39 is 9.85 Å². The zero-order valence-electron chi connectivity index (χ0n) is 11.5. The van der Waals surface area contributed by atoms with Gasteiger partial charge in [-0.05, 0) is 31.4 Å². The minimum absolute atomic E-state index is 0.0731. The Bertz CT molecular complexity index is 549. The van der Waals surface area contributed by atoms with Crippen molar-refractivity contribution in [2.45, 2.75) is 31.7 Å². The summed E-state index contributed by atoms with van der Waals surface area (Å²) in [6, 6.07) is 3.74. The van der Waals surface area contributed by atoms with Gasteiger partial charge in [0.25, 0.3) is 11.4 Å². The van der Waals surface area contributed by atoms with Crippen LogP contribution in [0.2, 0.25) is 0 Å². The Morgan fingerprint density at radius 3 is 2.52 bits per heavy atom. The van der Waals surface area contributed by atoms with Crippen LogP contribution in [-0.4, -0.2) is 22.4 Å². The van der Waals surface area contributed by atoms with Crippen LogP contribution in [0.25, 0.3) is 0 Å². The molecule has 114 valence electrons. The first kappa shape index (κ1) is 15.2. The number of nitro groups is 2. The van der Waals surface area contributed by atoms with Crippen LogP contribution >= 0.6 is 0 Å². The first-order valence-corrected chi connectivity index (χ1v) is 6.92. The summed E-state index contributed by atoms with van der Waals surface area (Å²) < 4.78 is 0. The highest BCUT2D eigenvalue weighted by atomic mass is 16.6. The molecule has 1 aliphatic carbocycles. The zero-order valence-corrected chi connectivity index (χ0v) is 11.5. The summed E-state index contributed by atoms with van der Waals surface area (Å²) >= 11 is 0. The van der Waals surface area contributed by atoms with Crippen LogP contribution in [0.1, 0.15) is 25.7 Å². The second kappa shape index (κ2) is 6.49. The Balaban J connectivity index is 2.26. The van der Waals surface area contributed by atoms with Crippen LogP contribution in [0, 0.1) is 26.1 Å². The van der Waals surface area contributed by atoms with E-state index in [1.54, 1.807) is 0 Å². The first-order valence-electron chi connectivity index (χ1n) is 6.92. The Morgan fingerprint density at radius 1 is 1.19 bits per heavy atom. The average molecular weight is 294 g/mol. The lowest BCUT2D eigenvalue weighted by molar-refractivity contribution is -0.393. The van der Waals surface area contributed by atoms with Crippen molar-refractivity contribution in [2.75, 3.05) is 11.9 Å². The molecule has 0 aromatic heterocycles. The molecule has 1 saturated carbocycles. The van der Waals surface area contributed by atoms with E-state index in [-0.39, 0.29) is 23.3 Å². The van der Waals surface area contributed by atoms with Crippen molar-refractivity contribution >= 4 is 17.1 Å². The number of benzene rings is 1. The van der Waals surface area contributed by atoms with Gasteiger partial charge in [-0.25, -0.2) is 0 Å². The quantitative estimate of drug-likeness (QED) is 0.634. The number of rotatable bonds is 5. The van der Waals surface area contributed by atoms with Gasteiger partial charge in [-0.2, -0.15) is 0 Å². The largest absolute Gasteiger partial charge is 0.376 e. The van der Waals surface area contributed by atoms with Crippen molar-refractivity contribution in [3.8, 4) is 0 Å². The molecule has 2 unspecified atom stereocenters. The van der Waals surface area contributed by atoms with Gasteiger partial charge >= 0.3 is 0 Å². The van der Waals surface area contributed by atoms with E-state index in [1.165, 1.54) is 12.1 Å². The summed E-state index contributed by atoms with van der Waals surface area (Å²) in [5, 5.41) is 25.0. The fourth-order valence-corrected chi connectivity index (χ4v) is 2.79. The molecule has 1 fully saturated rings. The Morgan fingerprint density at radius 2 is 1.90 bits per heavy atom. The third-order valence-electron chi connectivity index (χ3n) is 3.94. The molecule has 1 aromatic carbocycles. The van der Waals surface area contributed by atoms with E-state index >= 15 is 0 Å². The highest BCUT2D eigenvalue weighted by Crippen LogP contribution is 2.33. The second-order valence-electron chi connectivity index (χ2n) is 5.25. The summed E-state index contributed by atoms with van der Waals surface area (Å²) in [7, 11) is 0. The van der Waals surface area contributed by atoms with Crippen LogP contribution in [0.5, 0.6) is 0 Å². The van der Waals surface area contributed by atoms with Gasteiger partial charge in [0, 0.05) is 12.1 Å². The molecule has 0 aliphatic heterocycles. The molecule has 21 heavy (non-hydrogen) atoms. The van der Waals surface area contributed by atoms with Gasteiger partial charge in [0.2, 0.25) is 0 Å². The lowest BCUT2D eigenvalue weighted by Crippen LogP contribution is -2.36. The number of nitrogens with zero attached hydrogens (tertiary/aromatic N) is 2. The second-order valence-corrected chi connectivity index (χ2v) is 5.25. The summed E-state index contributed by atoms with van der Waals surface area (Å²) in [5.41, 5.74) is 5.50. The standard InChI is InChI=1S/C13H18N4O4/c14-8-9-3-1-2-4-11(9)15-12-6-5-10(16(18)19)7-13(12)17(20)21/h5-7,9,11,15H,1-4,8,14H2. The third kappa shape index (κ3) is 3.46. The molecule has 1 aliphatic rings. The predicted molar refractivity (Wildman–Crippen MR) is 78.2 cm³/mol. The highest BCUT2D eigenvalue weighted by Gasteiger charge is 2.27. The van der Waals surface area contributed by atoms with E-state index in [0.717, 1.165) is 31.7 Å². The smallest absolute Gasteiger partial charge is 0.299 e. The van der Waals surface area contributed by atoms with Crippen molar-refractivity contribution < 1.29 is 9.85 Å². The average Bonchev–Trinajstić information content (AvgIpc) is 2.47. The maximum atomic E-state index is 11.1. The van der Waals surface area contributed by atoms with Crippen molar-refractivity contribution in [1.82, 2.24) is 0 Å². The van der Waals surface area contributed by atoms with E-state index in [0.29, 0.717) is 12.2 Å². The first-order chi connectivity index (χ1) is 10.0. The van der Waals surface area contributed by atoms with Crippen LogP contribution in [0.4, 0.5) is 17.1 Å². The number of hydrogen-bond acceptors (Lipinski definition) is 6. The number of nitrogens with two attached hydrogens (primary N) is 1. The molecule has 2 atom stereocenters. The van der Waals surface area contributed by atoms with Crippen molar-refractivity contribution in [2.24, 2.45) is 11.7 Å². The molecule has 1 aromatic rings. The van der Waals surface area contributed by atoms with Crippen LogP contribution in [0.3, 0.4) is 0 Å². The number of anilines is 1. The number of nitrogens with one attached hydrogen (secondary N) is 1. The number of hydrogen-bond donors (Lipinski definition) is 2. The Labute approximate surface area is 121 Å². The van der Waals surface area contributed by atoms with Gasteiger partial charge in [0.15, 0.2) is 0 Å². The van der Waals surface area contributed by atoms with E-state index in [1.807, 2.05) is 0 Å². The number of nitro benzene ring substituents is 2. The molecule has 0 radical (unpaired) electrons. The van der Waals surface area contributed by atoms with Gasteiger partial charge in [0.1, 0.15) is 5.69 Å². The zero-order chi connectivity index (χ0) is 15.4. The minimum atomic E-state index is -0.639. The summed E-state index contributed by atoms with van der Waals surface area (Å²) in [5.74, 6) is 0.272. The SMILES string of the molecule is NCC1CCCCC1Nc1ccc([N+](=O)[O-])cc1[N+](=O)[O-]. The van der Waals surface area contributed by atoms with E-state index in [2.05, 4.69) is 5.32 Å². The molecule has 0 bridgehead atoms. The van der Waals surface area contributed by atoms with Crippen molar-refractivity contribution in [3.63, 3.8) is 0 Å². The Kier molecular flexibility index (Phi) is 4.69. The molecule has 8 nitrogen and oxygen atoms in total. The fraction of sp³-hybridized carbons (Fsp3) is 0.538. The molecular weight excluding hydrogens is 276 g/mol. The van der Waals surface area contributed by atoms with Crippen LogP contribution < -0.4 is 11.1 Å². The van der Waals surface area contributed by atoms with Crippen LogP contribution in [-0.2, 0) is 0 Å². The summed E-state index contributed by atoms with van der Waals surface area (Å²) in [6.07, 6.45) is 4.06. The normalized spacial score (nSPS) is 21.8. The lowest BCUT2D eigenvalue weighted by atomic mass is 9.84. The minimum Gasteiger partial charge on any atom is -0.376 e. The third-order valence-corrected chi connectivity index (χ3v) is 3.94. The maximum absolute atomic E-state index is 11.1. The molecule has 8 heteroatoms. The van der Waals surface area contributed by atoms with E-state index in [9.17, 15) is 20.2 Å². The van der Waals surface area contributed by atoms with Crippen molar-refractivity contribution in [1.29, 1.82) is 0 Å². The monoisotopic (exact) mass is 294 g/mol. The lowest BCUT2D eigenvalue weighted by Gasteiger charge is -2.31. The van der Waals surface area contributed by atoms with Gasteiger partial charge in [-0.15, -0.1) is 0 Å². The van der Waals surface area contributed by atoms with Crippen molar-refractivity contribution in [3.05, 3.63) is 38.4 Å². The molecule has 0 saturated heterocycles. The van der Waals surface area contributed by atoms with Gasteiger partial charge < -0.3 is 11.1 Å². The topological polar surface area (TPSA) is 124 Å². The molecule has 3 N–H and O–H groups in total. The van der Waals surface area contributed by atoms with Crippen LogP contribution in [0.15, 0.2) is 18.2 Å².